The van der Waals surface area contributed by atoms with Gasteiger partial charge in [0, 0.05) is 11.1 Å². The molecule has 0 fully saturated rings. The summed E-state index contributed by atoms with van der Waals surface area (Å²) in [6.07, 6.45) is -0.720. The molecular formula is C14H12O3. The molecule has 86 valence electrons. The minimum Gasteiger partial charge on any atom is -0.457 e. The summed E-state index contributed by atoms with van der Waals surface area (Å²) in [5.41, 5.74) is 1.53. The van der Waals surface area contributed by atoms with Crippen LogP contribution in [0.4, 0.5) is 0 Å². The van der Waals surface area contributed by atoms with Gasteiger partial charge in [0.05, 0.1) is 0 Å². The highest BCUT2D eigenvalue weighted by molar-refractivity contribution is 5.45. The number of aliphatic hydroxyl groups is 1. The molecule has 3 rings (SSSR count). The van der Waals surface area contributed by atoms with E-state index in [1.54, 1.807) is 0 Å². The maximum Gasteiger partial charge on any atom is 0.230 e. The van der Waals surface area contributed by atoms with Gasteiger partial charge in [0.2, 0.25) is 6.79 Å². The molecule has 0 spiro atoms. The average molecular weight is 228 g/mol. The van der Waals surface area contributed by atoms with Gasteiger partial charge in [-0.1, -0.05) is 36.4 Å². The smallest absolute Gasteiger partial charge is 0.230 e. The van der Waals surface area contributed by atoms with Crippen LogP contribution in [0.25, 0.3) is 0 Å². The molecular weight excluding hydrogens is 216 g/mol. The van der Waals surface area contributed by atoms with E-state index in [0.29, 0.717) is 11.5 Å². The first-order chi connectivity index (χ1) is 8.36. The monoisotopic (exact) mass is 228 g/mol. The zero-order valence-corrected chi connectivity index (χ0v) is 9.17. The Morgan fingerprint density at radius 2 is 1.29 bits per heavy atom. The second-order valence-corrected chi connectivity index (χ2v) is 3.88. The Balaban J connectivity index is 2.15. The lowest BCUT2D eigenvalue weighted by molar-refractivity contribution is 0.101. The molecule has 0 bridgehead atoms. The molecule has 0 unspecified atom stereocenters. The molecule has 0 saturated heterocycles. The van der Waals surface area contributed by atoms with Gasteiger partial charge < -0.3 is 14.6 Å². The van der Waals surface area contributed by atoms with E-state index in [4.69, 9.17) is 9.47 Å². The van der Waals surface area contributed by atoms with Gasteiger partial charge in [0.15, 0.2) is 0 Å². The van der Waals surface area contributed by atoms with Crippen molar-refractivity contribution in [3.63, 3.8) is 0 Å². The van der Waals surface area contributed by atoms with Crippen molar-refractivity contribution in [1.29, 1.82) is 0 Å². The van der Waals surface area contributed by atoms with Crippen molar-refractivity contribution in [2.75, 3.05) is 6.79 Å². The third-order valence-corrected chi connectivity index (χ3v) is 2.86. The molecule has 0 saturated carbocycles. The zero-order valence-electron chi connectivity index (χ0n) is 9.17. The maximum atomic E-state index is 10.4. The number of hydrogen-bond acceptors (Lipinski definition) is 3. The average Bonchev–Trinajstić information content (AvgIpc) is 2.37. The summed E-state index contributed by atoms with van der Waals surface area (Å²) < 4.78 is 10.9. The second-order valence-electron chi connectivity index (χ2n) is 3.88. The van der Waals surface area contributed by atoms with Gasteiger partial charge in [-0.3, -0.25) is 0 Å². The van der Waals surface area contributed by atoms with Crippen molar-refractivity contribution in [3.8, 4) is 11.5 Å². The molecule has 1 heterocycles. The predicted octanol–water partition coefficient (Wildman–Crippen LogP) is 2.50. The summed E-state index contributed by atoms with van der Waals surface area (Å²) in [7, 11) is 0. The zero-order chi connectivity index (χ0) is 11.7. The third kappa shape index (κ3) is 1.74. The fourth-order valence-electron chi connectivity index (χ4n) is 2.00. The van der Waals surface area contributed by atoms with E-state index in [-0.39, 0.29) is 6.79 Å². The van der Waals surface area contributed by atoms with Crippen LogP contribution in [0.1, 0.15) is 17.2 Å². The van der Waals surface area contributed by atoms with Crippen molar-refractivity contribution in [3.05, 3.63) is 59.7 Å². The Hall–Kier alpha value is -2.00. The number of aliphatic hydroxyl groups excluding tert-OH is 1. The van der Waals surface area contributed by atoms with Crippen LogP contribution in [0, 0.1) is 0 Å². The van der Waals surface area contributed by atoms with Crippen molar-refractivity contribution in [1.82, 2.24) is 0 Å². The summed E-state index contributed by atoms with van der Waals surface area (Å²) >= 11 is 0. The topological polar surface area (TPSA) is 38.7 Å². The Bertz CT molecular complexity index is 489. The molecule has 3 heteroatoms. The van der Waals surface area contributed by atoms with Crippen molar-refractivity contribution in [2.45, 2.75) is 6.10 Å². The van der Waals surface area contributed by atoms with Gasteiger partial charge in [-0.05, 0) is 12.1 Å². The molecule has 1 aliphatic heterocycles. The number of hydrogen-bond donors (Lipinski definition) is 1. The fraction of sp³-hybridized carbons (Fsp3) is 0.143. The van der Waals surface area contributed by atoms with Crippen LogP contribution in [0.2, 0.25) is 0 Å². The molecule has 1 aliphatic rings. The minimum atomic E-state index is -0.720. The molecule has 0 aromatic heterocycles. The SMILES string of the molecule is OC1c2ccccc2OCOc2ccccc21. The summed E-state index contributed by atoms with van der Waals surface area (Å²) in [5, 5.41) is 10.4. The lowest BCUT2D eigenvalue weighted by Crippen LogP contribution is -2.14. The number of benzene rings is 2. The van der Waals surface area contributed by atoms with E-state index < -0.39 is 6.10 Å². The summed E-state index contributed by atoms with van der Waals surface area (Å²) in [6, 6.07) is 14.9. The highest BCUT2D eigenvalue weighted by atomic mass is 16.7. The van der Waals surface area contributed by atoms with E-state index in [9.17, 15) is 5.11 Å². The van der Waals surface area contributed by atoms with Crippen LogP contribution in [0.5, 0.6) is 11.5 Å². The Kier molecular flexibility index (Phi) is 2.46. The van der Waals surface area contributed by atoms with Crippen LogP contribution in [0.3, 0.4) is 0 Å². The third-order valence-electron chi connectivity index (χ3n) is 2.86. The van der Waals surface area contributed by atoms with Gasteiger partial charge in [0.25, 0.3) is 0 Å². The minimum absolute atomic E-state index is 0.154. The first kappa shape index (κ1) is 10.2. The Labute approximate surface area is 99.2 Å². The standard InChI is InChI=1S/C14H12O3/c15-14-10-5-1-3-7-12(10)16-9-17-13-8-4-2-6-11(13)14/h1-8,14-15H,9H2. The molecule has 0 amide bonds. The van der Waals surface area contributed by atoms with E-state index >= 15 is 0 Å². The number of fused-ring (bicyclic) bond motifs is 2. The lowest BCUT2D eigenvalue weighted by atomic mass is 9.99. The summed E-state index contributed by atoms with van der Waals surface area (Å²) in [5.74, 6) is 1.32. The molecule has 0 atom stereocenters. The van der Waals surface area contributed by atoms with Crippen molar-refractivity contribution < 1.29 is 14.6 Å². The van der Waals surface area contributed by atoms with Gasteiger partial charge in [0.1, 0.15) is 17.6 Å². The van der Waals surface area contributed by atoms with E-state index in [1.165, 1.54) is 0 Å². The molecule has 1 N–H and O–H groups in total. The molecule has 0 radical (unpaired) electrons. The molecule has 3 nitrogen and oxygen atoms in total. The molecule has 17 heavy (non-hydrogen) atoms. The van der Waals surface area contributed by atoms with Crippen molar-refractivity contribution >= 4 is 0 Å². The van der Waals surface area contributed by atoms with Crippen molar-refractivity contribution in [2.24, 2.45) is 0 Å². The van der Waals surface area contributed by atoms with Crippen LogP contribution < -0.4 is 9.47 Å². The molecule has 0 aliphatic carbocycles. The lowest BCUT2D eigenvalue weighted by Gasteiger charge is -2.22. The second kappa shape index (κ2) is 4.11. The maximum absolute atomic E-state index is 10.4. The van der Waals surface area contributed by atoms with E-state index in [2.05, 4.69) is 0 Å². The predicted molar refractivity (Wildman–Crippen MR) is 63.1 cm³/mol. The quantitative estimate of drug-likeness (QED) is 0.753. The van der Waals surface area contributed by atoms with Gasteiger partial charge in [-0.2, -0.15) is 0 Å². The normalized spacial score (nSPS) is 14.6. The van der Waals surface area contributed by atoms with E-state index in [0.717, 1.165) is 11.1 Å². The number of ether oxygens (including phenoxy) is 2. The Morgan fingerprint density at radius 3 is 1.82 bits per heavy atom. The summed E-state index contributed by atoms with van der Waals surface area (Å²) in [6.45, 7) is 0.154. The summed E-state index contributed by atoms with van der Waals surface area (Å²) in [4.78, 5) is 0. The largest absolute Gasteiger partial charge is 0.457 e. The first-order valence-electron chi connectivity index (χ1n) is 5.48. The highest BCUT2D eigenvalue weighted by Gasteiger charge is 2.21. The number of para-hydroxylation sites is 2. The molecule has 2 aromatic carbocycles. The highest BCUT2D eigenvalue weighted by Crippen LogP contribution is 2.36. The number of rotatable bonds is 0. The Morgan fingerprint density at radius 1 is 0.824 bits per heavy atom. The van der Waals surface area contributed by atoms with Gasteiger partial charge >= 0.3 is 0 Å². The van der Waals surface area contributed by atoms with Crippen LogP contribution in [-0.4, -0.2) is 11.9 Å². The first-order valence-corrected chi connectivity index (χ1v) is 5.48. The van der Waals surface area contributed by atoms with Gasteiger partial charge in [-0.15, -0.1) is 0 Å². The van der Waals surface area contributed by atoms with Crippen LogP contribution in [0.15, 0.2) is 48.5 Å². The van der Waals surface area contributed by atoms with Crippen LogP contribution in [-0.2, 0) is 0 Å². The van der Waals surface area contributed by atoms with E-state index in [1.807, 2.05) is 48.5 Å². The fourth-order valence-corrected chi connectivity index (χ4v) is 2.00. The van der Waals surface area contributed by atoms with Crippen LogP contribution >= 0.6 is 0 Å². The van der Waals surface area contributed by atoms with Gasteiger partial charge in [-0.25, -0.2) is 0 Å². The molecule has 2 aromatic rings.